The summed E-state index contributed by atoms with van der Waals surface area (Å²) in [5.74, 6) is -3.65. The molecule has 46 valence electrons. The molecule has 0 aliphatic rings. The minimum absolute atomic E-state index is 0. The van der Waals surface area contributed by atoms with Gasteiger partial charge in [-0.3, -0.25) is 0 Å². The summed E-state index contributed by atoms with van der Waals surface area (Å²) in [4.78, 5) is 18.2. The Balaban J connectivity index is -0.000000125. The minimum Gasteiger partial charge on any atom is -0.473 e. The van der Waals surface area contributed by atoms with E-state index in [4.69, 9.17) is 19.8 Å². The van der Waals surface area contributed by atoms with Gasteiger partial charge in [0.25, 0.3) is 0 Å². The summed E-state index contributed by atoms with van der Waals surface area (Å²) in [5.41, 5.74) is 0. The number of hydrogen-bond donors (Lipinski definition) is 2. The summed E-state index contributed by atoms with van der Waals surface area (Å²) < 4.78 is 0. The Morgan fingerprint density at radius 3 is 1.00 bits per heavy atom. The molecule has 0 aromatic carbocycles. The molecule has 8 heavy (non-hydrogen) atoms. The van der Waals surface area contributed by atoms with Crippen LogP contribution < -0.4 is 0 Å². The van der Waals surface area contributed by atoms with Gasteiger partial charge in [-0.25, -0.2) is 9.59 Å². The van der Waals surface area contributed by atoms with Crippen LogP contribution in [0.15, 0.2) is 0 Å². The van der Waals surface area contributed by atoms with Crippen LogP contribution in [0.1, 0.15) is 0 Å². The first-order valence-corrected chi connectivity index (χ1v) is 1.11. The summed E-state index contributed by atoms with van der Waals surface area (Å²) in [6.07, 6.45) is 0. The van der Waals surface area contributed by atoms with Crippen molar-refractivity contribution in [1.29, 1.82) is 0 Å². The van der Waals surface area contributed by atoms with Gasteiger partial charge in [0.2, 0.25) is 0 Å². The molecule has 0 fully saturated rings. The fourth-order valence-electron chi connectivity index (χ4n) is 0. The molecule has 0 rings (SSSR count). The quantitative estimate of drug-likeness (QED) is 0.448. The molecule has 0 spiro atoms. The topological polar surface area (TPSA) is 74.6 Å². The summed E-state index contributed by atoms with van der Waals surface area (Å²) in [7, 11) is 0. The van der Waals surface area contributed by atoms with Crippen molar-refractivity contribution in [2.24, 2.45) is 0 Å². The first-order valence-electron chi connectivity index (χ1n) is 1.11. The fourth-order valence-corrected chi connectivity index (χ4v) is 0. The van der Waals surface area contributed by atoms with Gasteiger partial charge in [0.1, 0.15) is 0 Å². The number of carbonyl (C=O) groups is 2. The van der Waals surface area contributed by atoms with Crippen molar-refractivity contribution in [3.05, 3.63) is 0 Å². The van der Waals surface area contributed by atoms with E-state index in [-0.39, 0.29) is 42.1 Å². The third kappa shape index (κ3) is 9.58. The largest absolute Gasteiger partial charge is 0.473 e. The van der Waals surface area contributed by atoms with Gasteiger partial charge in [-0.05, 0) is 0 Å². The molecule has 0 saturated heterocycles. The van der Waals surface area contributed by atoms with E-state index < -0.39 is 11.9 Å². The molecule has 0 aromatic heterocycles. The van der Waals surface area contributed by atoms with Gasteiger partial charge in [0.05, 0.1) is 0 Å². The molecule has 0 aliphatic carbocycles. The van der Waals surface area contributed by atoms with E-state index in [1.807, 2.05) is 0 Å². The van der Waals surface area contributed by atoms with Crippen LogP contribution in [-0.4, -0.2) is 22.2 Å². The van der Waals surface area contributed by atoms with E-state index in [0.29, 0.717) is 0 Å². The van der Waals surface area contributed by atoms with Crippen LogP contribution in [0.3, 0.4) is 0 Å². The Kier molecular flexibility index (Phi) is 14.4. The molecule has 2 N–H and O–H groups in total. The number of hydrogen-bond acceptors (Lipinski definition) is 2. The molecule has 4 nitrogen and oxygen atoms in total. The van der Waals surface area contributed by atoms with Crippen LogP contribution in [0, 0.1) is 0 Å². The van der Waals surface area contributed by atoms with Crippen molar-refractivity contribution in [3.8, 4) is 0 Å². The van der Waals surface area contributed by atoms with E-state index in [1.54, 1.807) is 0 Å². The predicted molar refractivity (Wildman–Crippen MR) is 15.3 cm³/mol. The smallest absolute Gasteiger partial charge is 0.414 e. The van der Waals surface area contributed by atoms with Gasteiger partial charge in [0, 0.05) is 42.1 Å². The van der Waals surface area contributed by atoms with Crippen LogP contribution >= 0.6 is 0 Å². The summed E-state index contributed by atoms with van der Waals surface area (Å²) in [5, 5.41) is 14.8. The standard InChI is InChI=1S/C2H2O4.2Mo/c3-1(4)2(5)6;;/h(H,3,4)(H,5,6);;. The summed E-state index contributed by atoms with van der Waals surface area (Å²) in [6, 6.07) is 0. The maximum Gasteiger partial charge on any atom is 0.414 e. The zero-order chi connectivity index (χ0) is 5.15. The number of carboxylic acids is 2. The second-order valence-corrected chi connectivity index (χ2v) is 0.610. The van der Waals surface area contributed by atoms with E-state index in [2.05, 4.69) is 0 Å². The third-order valence-corrected chi connectivity index (χ3v) is 0.183. The molecule has 0 heterocycles. The van der Waals surface area contributed by atoms with E-state index in [0.717, 1.165) is 0 Å². The van der Waals surface area contributed by atoms with Crippen LogP contribution in [0.4, 0.5) is 0 Å². The zero-order valence-electron chi connectivity index (χ0n) is 3.53. The minimum atomic E-state index is -1.82. The molecular weight excluding hydrogens is 280 g/mol. The summed E-state index contributed by atoms with van der Waals surface area (Å²) >= 11 is 0. The summed E-state index contributed by atoms with van der Waals surface area (Å²) in [6.45, 7) is 0. The molecular formula is C2H2Mo2O4. The molecule has 6 heteroatoms. The zero-order valence-corrected chi connectivity index (χ0v) is 7.54. The third-order valence-electron chi connectivity index (χ3n) is 0.183. The number of aliphatic carboxylic acids is 2. The average Bonchev–Trinajstić information content (AvgIpc) is 1.36. The molecule has 0 saturated carbocycles. The Bertz CT molecular complexity index is 78.0. The van der Waals surface area contributed by atoms with Gasteiger partial charge >= 0.3 is 11.9 Å². The second kappa shape index (κ2) is 7.32. The molecule has 0 bridgehead atoms. The van der Waals surface area contributed by atoms with Crippen LogP contribution in [0.25, 0.3) is 0 Å². The SMILES string of the molecule is O=C(O)C(=O)O.[Mo].[Mo]. The van der Waals surface area contributed by atoms with Gasteiger partial charge in [-0.2, -0.15) is 0 Å². The van der Waals surface area contributed by atoms with E-state index in [9.17, 15) is 0 Å². The Labute approximate surface area is 73.8 Å². The van der Waals surface area contributed by atoms with Crippen molar-refractivity contribution < 1.29 is 61.9 Å². The molecule has 0 unspecified atom stereocenters. The van der Waals surface area contributed by atoms with Crippen LogP contribution in [-0.2, 0) is 51.7 Å². The molecule has 0 atom stereocenters. The Hall–Kier alpha value is 0.317. The molecule has 0 amide bonds. The van der Waals surface area contributed by atoms with E-state index in [1.165, 1.54) is 0 Å². The normalized spacial score (nSPS) is 5.50. The fraction of sp³-hybridized carbons (Fsp3) is 0. The molecule has 0 aromatic rings. The van der Waals surface area contributed by atoms with Crippen molar-refractivity contribution >= 4 is 11.9 Å². The first kappa shape index (κ1) is 15.8. The van der Waals surface area contributed by atoms with Gasteiger partial charge < -0.3 is 10.2 Å². The van der Waals surface area contributed by atoms with Crippen molar-refractivity contribution in [2.45, 2.75) is 0 Å². The monoisotopic (exact) mass is 286 g/mol. The molecule has 0 aliphatic heterocycles. The number of rotatable bonds is 0. The van der Waals surface area contributed by atoms with Crippen molar-refractivity contribution in [1.82, 2.24) is 0 Å². The number of carboxylic acid groups (broad SMARTS) is 2. The van der Waals surface area contributed by atoms with Crippen LogP contribution in [0.5, 0.6) is 0 Å². The van der Waals surface area contributed by atoms with Gasteiger partial charge in [0.15, 0.2) is 0 Å². The maximum atomic E-state index is 9.10. The Morgan fingerprint density at radius 1 is 0.875 bits per heavy atom. The predicted octanol–water partition coefficient (Wildman–Crippen LogP) is -0.849. The Morgan fingerprint density at radius 2 is 1.00 bits per heavy atom. The molecule has 0 radical (unpaired) electrons. The van der Waals surface area contributed by atoms with Crippen LogP contribution in [0.2, 0.25) is 0 Å². The average molecular weight is 282 g/mol. The van der Waals surface area contributed by atoms with Gasteiger partial charge in [-0.15, -0.1) is 0 Å². The van der Waals surface area contributed by atoms with Crippen molar-refractivity contribution in [3.63, 3.8) is 0 Å². The van der Waals surface area contributed by atoms with Crippen molar-refractivity contribution in [2.75, 3.05) is 0 Å². The maximum absolute atomic E-state index is 9.10. The van der Waals surface area contributed by atoms with E-state index >= 15 is 0 Å². The second-order valence-electron chi connectivity index (χ2n) is 0.610. The van der Waals surface area contributed by atoms with Gasteiger partial charge in [-0.1, -0.05) is 0 Å². The first-order chi connectivity index (χ1) is 2.64.